The van der Waals surface area contributed by atoms with Gasteiger partial charge in [-0.3, -0.25) is 9.59 Å². The van der Waals surface area contributed by atoms with E-state index < -0.39 is 5.41 Å². The molecule has 1 N–H and O–H groups in total. The van der Waals surface area contributed by atoms with Crippen molar-refractivity contribution in [3.05, 3.63) is 53.2 Å². The van der Waals surface area contributed by atoms with Gasteiger partial charge < -0.3 is 14.7 Å². The van der Waals surface area contributed by atoms with Gasteiger partial charge in [0.1, 0.15) is 11.5 Å². The molecular weight excluding hydrogens is 412 g/mol. The summed E-state index contributed by atoms with van der Waals surface area (Å²) in [7, 11) is 0. The summed E-state index contributed by atoms with van der Waals surface area (Å²) in [4.78, 5) is 31.6. The summed E-state index contributed by atoms with van der Waals surface area (Å²) in [6.45, 7) is 6.55. The minimum absolute atomic E-state index is 0.0337. The topological polar surface area (TPSA) is 88.3 Å². The standard InChI is InChI=1S/C23H26N4O3S/c1-15(2)20-13-31-22(24-20)25-21(29)23(9-10-27(14-23)16(3)28)12-18-11-19(26-30-18)17-7-5-4-6-8-17/h4-8,11,13,15H,9-10,12,14H2,1-3H3,(H,24,25,29)/t23-/m0/s1. The van der Waals surface area contributed by atoms with Crippen molar-refractivity contribution < 1.29 is 14.1 Å². The smallest absolute Gasteiger partial charge is 0.234 e. The molecule has 0 bridgehead atoms. The van der Waals surface area contributed by atoms with Crippen LogP contribution in [0.15, 0.2) is 46.3 Å². The lowest BCUT2D eigenvalue weighted by atomic mass is 9.81. The second-order valence-corrected chi connectivity index (χ2v) is 9.24. The van der Waals surface area contributed by atoms with Crippen molar-refractivity contribution in [3.8, 4) is 11.3 Å². The first-order valence-corrected chi connectivity index (χ1v) is 11.3. The average Bonchev–Trinajstić information content (AvgIpc) is 3.49. The molecule has 1 saturated heterocycles. The van der Waals surface area contributed by atoms with E-state index in [0.29, 0.717) is 42.7 Å². The summed E-state index contributed by atoms with van der Waals surface area (Å²) in [5, 5.41) is 9.71. The summed E-state index contributed by atoms with van der Waals surface area (Å²) in [5.74, 6) is 0.745. The van der Waals surface area contributed by atoms with Gasteiger partial charge in [0, 0.05) is 43.4 Å². The number of anilines is 1. The van der Waals surface area contributed by atoms with Crippen LogP contribution >= 0.6 is 11.3 Å². The van der Waals surface area contributed by atoms with Crippen LogP contribution in [0.2, 0.25) is 0 Å². The Morgan fingerprint density at radius 3 is 2.71 bits per heavy atom. The summed E-state index contributed by atoms with van der Waals surface area (Å²) < 4.78 is 5.59. The van der Waals surface area contributed by atoms with Crippen LogP contribution in [-0.4, -0.2) is 39.9 Å². The van der Waals surface area contributed by atoms with Crippen LogP contribution in [0.4, 0.5) is 5.13 Å². The van der Waals surface area contributed by atoms with Gasteiger partial charge in [0.2, 0.25) is 11.8 Å². The molecule has 8 heteroatoms. The first-order chi connectivity index (χ1) is 14.9. The van der Waals surface area contributed by atoms with Crippen molar-refractivity contribution in [2.45, 2.75) is 39.5 Å². The Bertz CT molecular complexity index is 1080. The maximum Gasteiger partial charge on any atom is 0.234 e. The number of nitrogens with zero attached hydrogens (tertiary/aromatic N) is 3. The lowest BCUT2D eigenvalue weighted by Gasteiger charge is -2.26. The first kappa shape index (κ1) is 21.2. The molecule has 1 aliphatic rings. The van der Waals surface area contributed by atoms with E-state index in [0.717, 1.165) is 17.0 Å². The predicted octanol–water partition coefficient (Wildman–Crippen LogP) is 4.34. The highest BCUT2D eigenvalue weighted by atomic mass is 32.1. The molecule has 3 aromatic rings. The van der Waals surface area contributed by atoms with Crippen LogP contribution in [0.1, 0.15) is 44.6 Å². The number of nitrogens with one attached hydrogen (secondary N) is 1. The fraction of sp³-hybridized carbons (Fsp3) is 0.391. The van der Waals surface area contributed by atoms with Crippen molar-refractivity contribution in [2.24, 2.45) is 5.41 Å². The number of aromatic nitrogens is 2. The molecule has 0 unspecified atom stereocenters. The van der Waals surface area contributed by atoms with E-state index >= 15 is 0 Å². The number of carbonyl (C=O) groups excluding carboxylic acids is 2. The largest absolute Gasteiger partial charge is 0.361 e. The van der Waals surface area contributed by atoms with Crippen molar-refractivity contribution in [2.75, 3.05) is 18.4 Å². The predicted molar refractivity (Wildman–Crippen MR) is 120 cm³/mol. The molecule has 1 fully saturated rings. The molecule has 7 nitrogen and oxygen atoms in total. The molecule has 1 aliphatic heterocycles. The number of likely N-dealkylation sites (tertiary alicyclic amines) is 1. The quantitative estimate of drug-likeness (QED) is 0.618. The van der Waals surface area contributed by atoms with Gasteiger partial charge in [0.15, 0.2) is 5.13 Å². The minimum Gasteiger partial charge on any atom is -0.361 e. The molecule has 0 spiro atoms. The van der Waals surface area contributed by atoms with Crippen LogP contribution in [0, 0.1) is 5.41 Å². The Balaban J connectivity index is 1.57. The normalized spacial score (nSPS) is 18.5. The van der Waals surface area contributed by atoms with Crippen LogP contribution in [0.5, 0.6) is 0 Å². The highest BCUT2D eigenvalue weighted by molar-refractivity contribution is 7.13. The minimum atomic E-state index is -0.789. The number of rotatable bonds is 6. The fourth-order valence-corrected chi connectivity index (χ4v) is 4.73. The van der Waals surface area contributed by atoms with Crippen molar-refractivity contribution in [3.63, 3.8) is 0 Å². The Morgan fingerprint density at radius 2 is 2.06 bits per heavy atom. The van der Waals surface area contributed by atoms with Gasteiger partial charge in [-0.1, -0.05) is 49.3 Å². The molecular formula is C23H26N4O3S. The van der Waals surface area contributed by atoms with E-state index in [2.05, 4.69) is 29.3 Å². The van der Waals surface area contributed by atoms with Gasteiger partial charge in [-0.05, 0) is 12.3 Å². The van der Waals surface area contributed by atoms with E-state index in [-0.39, 0.29) is 11.8 Å². The second-order valence-electron chi connectivity index (χ2n) is 8.38. The Morgan fingerprint density at radius 1 is 1.29 bits per heavy atom. The summed E-state index contributed by atoms with van der Waals surface area (Å²) >= 11 is 1.42. The maximum atomic E-state index is 13.4. The molecule has 0 radical (unpaired) electrons. The number of benzene rings is 1. The maximum absolute atomic E-state index is 13.4. The highest BCUT2D eigenvalue weighted by Crippen LogP contribution is 2.37. The number of carbonyl (C=O) groups is 2. The second kappa shape index (κ2) is 8.63. The van der Waals surface area contributed by atoms with Crippen molar-refractivity contribution in [1.82, 2.24) is 15.0 Å². The van der Waals surface area contributed by atoms with Crippen LogP contribution in [-0.2, 0) is 16.0 Å². The molecule has 4 rings (SSSR count). The summed E-state index contributed by atoms with van der Waals surface area (Å²) in [5.41, 5.74) is 1.85. The van der Waals surface area contributed by atoms with Crippen LogP contribution in [0.25, 0.3) is 11.3 Å². The number of thiazole rings is 1. The zero-order valence-corrected chi connectivity index (χ0v) is 18.7. The molecule has 1 aromatic carbocycles. The molecule has 0 saturated carbocycles. The Hall–Kier alpha value is -3.00. The molecule has 3 heterocycles. The molecule has 2 aromatic heterocycles. The summed E-state index contributed by atoms with van der Waals surface area (Å²) in [6, 6.07) is 11.6. The third-order valence-electron chi connectivity index (χ3n) is 5.76. The van der Waals surface area contributed by atoms with Gasteiger partial charge in [0.25, 0.3) is 0 Å². The Kier molecular flexibility index (Phi) is 5.91. The van der Waals surface area contributed by atoms with Gasteiger partial charge >= 0.3 is 0 Å². The van der Waals surface area contributed by atoms with Crippen molar-refractivity contribution >= 4 is 28.3 Å². The van der Waals surface area contributed by atoms with Gasteiger partial charge in [-0.25, -0.2) is 4.98 Å². The molecule has 0 aliphatic carbocycles. The fourth-order valence-electron chi connectivity index (χ4n) is 3.86. The van der Waals surface area contributed by atoms with E-state index in [1.165, 1.54) is 18.3 Å². The van der Waals surface area contributed by atoms with Crippen LogP contribution < -0.4 is 5.32 Å². The zero-order valence-electron chi connectivity index (χ0n) is 17.9. The molecule has 1 atom stereocenters. The SMILES string of the molecule is CC(=O)N1CC[C@@](Cc2cc(-c3ccccc3)no2)(C(=O)Nc2nc(C(C)C)cs2)C1. The van der Waals surface area contributed by atoms with Gasteiger partial charge in [0.05, 0.1) is 11.1 Å². The lowest BCUT2D eigenvalue weighted by molar-refractivity contribution is -0.129. The molecule has 162 valence electrons. The van der Waals surface area contributed by atoms with Crippen molar-refractivity contribution in [1.29, 1.82) is 0 Å². The monoisotopic (exact) mass is 438 g/mol. The first-order valence-electron chi connectivity index (χ1n) is 10.4. The van der Waals surface area contributed by atoms with E-state index in [9.17, 15) is 9.59 Å². The molecule has 2 amide bonds. The number of amides is 2. The Labute approximate surface area is 185 Å². The third-order valence-corrected chi connectivity index (χ3v) is 6.53. The number of hydrogen-bond donors (Lipinski definition) is 1. The third kappa shape index (κ3) is 4.54. The van der Waals surface area contributed by atoms with Gasteiger partial charge in [-0.2, -0.15) is 0 Å². The average molecular weight is 439 g/mol. The zero-order chi connectivity index (χ0) is 22.0. The van der Waals surface area contributed by atoms with E-state index in [1.807, 2.05) is 41.8 Å². The highest BCUT2D eigenvalue weighted by Gasteiger charge is 2.46. The van der Waals surface area contributed by atoms with E-state index in [1.54, 1.807) is 4.90 Å². The molecule has 31 heavy (non-hydrogen) atoms. The number of hydrogen-bond acceptors (Lipinski definition) is 6. The van der Waals surface area contributed by atoms with Gasteiger partial charge in [-0.15, -0.1) is 11.3 Å². The van der Waals surface area contributed by atoms with Crippen LogP contribution in [0.3, 0.4) is 0 Å². The van der Waals surface area contributed by atoms with E-state index in [4.69, 9.17) is 4.52 Å². The lowest BCUT2D eigenvalue weighted by Crippen LogP contribution is -2.41. The summed E-state index contributed by atoms with van der Waals surface area (Å²) in [6.07, 6.45) is 0.924.